The minimum atomic E-state index is 0.0943. The fourth-order valence-electron chi connectivity index (χ4n) is 1.03. The molecule has 0 aliphatic rings. The molecule has 0 radical (unpaired) electrons. The maximum atomic E-state index is 8.63. The van der Waals surface area contributed by atoms with Gasteiger partial charge in [-0.2, -0.15) is 0 Å². The number of nitrogens with two attached hydrogens (primary N) is 1. The monoisotopic (exact) mass is 197 g/mol. The van der Waals surface area contributed by atoms with Crippen LogP contribution >= 0.6 is 11.8 Å². The highest BCUT2D eigenvalue weighted by atomic mass is 32.2. The predicted octanol–water partition coefficient (Wildman–Crippen LogP) is 1.79. The van der Waals surface area contributed by atoms with Crippen molar-refractivity contribution in [2.45, 2.75) is 17.9 Å². The summed E-state index contributed by atoms with van der Waals surface area (Å²) in [4.78, 5) is 1.18. The molecule has 3 heteroatoms. The van der Waals surface area contributed by atoms with Gasteiger partial charge >= 0.3 is 0 Å². The largest absolute Gasteiger partial charge is 0.396 e. The molecule has 0 bridgehead atoms. The molecule has 0 heterocycles. The first kappa shape index (κ1) is 10.6. The standard InChI is InChI=1S/C10H15NOS/c1-8(11)9-2-4-10(5-3-9)13-7-6-12/h2-5,8,12H,6-7,11H2,1H3. The van der Waals surface area contributed by atoms with Crippen LogP contribution in [0.2, 0.25) is 0 Å². The third-order valence-electron chi connectivity index (χ3n) is 1.77. The van der Waals surface area contributed by atoms with Gasteiger partial charge in [0.25, 0.3) is 0 Å². The number of hydrogen-bond acceptors (Lipinski definition) is 3. The van der Waals surface area contributed by atoms with Crippen LogP contribution in [0.5, 0.6) is 0 Å². The molecule has 1 unspecified atom stereocenters. The van der Waals surface area contributed by atoms with Crippen LogP contribution in [0.3, 0.4) is 0 Å². The second-order valence-corrected chi connectivity index (χ2v) is 4.10. The summed E-state index contributed by atoms with van der Waals surface area (Å²) in [6.45, 7) is 2.19. The Hall–Kier alpha value is -0.510. The van der Waals surface area contributed by atoms with Gasteiger partial charge in [-0.15, -0.1) is 11.8 Å². The zero-order valence-electron chi connectivity index (χ0n) is 7.73. The van der Waals surface area contributed by atoms with Crippen LogP contribution in [0.1, 0.15) is 18.5 Å². The first-order valence-corrected chi connectivity index (χ1v) is 5.32. The molecule has 2 nitrogen and oxygen atoms in total. The average Bonchev–Trinajstić information content (AvgIpc) is 2.15. The number of aliphatic hydroxyl groups is 1. The molecular weight excluding hydrogens is 182 g/mol. The molecule has 0 fully saturated rings. The number of hydrogen-bond donors (Lipinski definition) is 2. The van der Waals surface area contributed by atoms with E-state index >= 15 is 0 Å². The van der Waals surface area contributed by atoms with Crippen LogP contribution < -0.4 is 5.73 Å². The molecule has 0 spiro atoms. The minimum Gasteiger partial charge on any atom is -0.396 e. The van der Waals surface area contributed by atoms with E-state index in [9.17, 15) is 0 Å². The van der Waals surface area contributed by atoms with Crippen molar-refractivity contribution in [2.75, 3.05) is 12.4 Å². The summed E-state index contributed by atoms with van der Waals surface area (Å²) in [6, 6.07) is 8.24. The summed E-state index contributed by atoms with van der Waals surface area (Å²) in [5.74, 6) is 0.748. The molecule has 0 amide bonds. The lowest BCUT2D eigenvalue weighted by atomic mass is 10.1. The Balaban J connectivity index is 2.59. The van der Waals surface area contributed by atoms with E-state index in [0.717, 1.165) is 11.3 Å². The van der Waals surface area contributed by atoms with Crippen molar-refractivity contribution >= 4 is 11.8 Å². The third-order valence-corrected chi connectivity index (χ3v) is 2.76. The summed E-state index contributed by atoms with van der Waals surface area (Å²) < 4.78 is 0. The van der Waals surface area contributed by atoms with Crippen LogP contribution in [0, 0.1) is 0 Å². The lowest BCUT2D eigenvalue weighted by molar-refractivity contribution is 0.322. The van der Waals surface area contributed by atoms with Gasteiger partial charge in [0.15, 0.2) is 0 Å². The fraction of sp³-hybridized carbons (Fsp3) is 0.400. The van der Waals surface area contributed by atoms with Crippen molar-refractivity contribution < 1.29 is 5.11 Å². The normalized spacial score (nSPS) is 12.8. The van der Waals surface area contributed by atoms with Crippen molar-refractivity contribution in [3.8, 4) is 0 Å². The minimum absolute atomic E-state index is 0.0943. The Kier molecular flexibility index (Phi) is 4.28. The van der Waals surface area contributed by atoms with Gasteiger partial charge in [-0.3, -0.25) is 0 Å². The Morgan fingerprint density at radius 1 is 1.38 bits per heavy atom. The van der Waals surface area contributed by atoms with E-state index in [-0.39, 0.29) is 12.6 Å². The average molecular weight is 197 g/mol. The first-order valence-electron chi connectivity index (χ1n) is 4.33. The Morgan fingerprint density at radius 3 is 2.46 bits per heavy atom. The summed E-state index contributed by atoms with van der Waals surface area (Å²) in [5.41, 5.74) is 6.86. The van der Waals surface area contributed by atoms with Gasteiger partial charge in [-0.25, -0.2) is 0 Å². The van der Waals surface area contributed by atoms with Crippen LogP contribution in [0.25, 0.3) is 0 Å². The molecule has 1 atom stereocenters. The smallest absolute Gasteiger partial charge is 0.0525 e. The van der Waals surface area contributed by atoms with E-state index in [1.165, 1.54) is 4.90 Å². The molecule has 13 heavy (non-hydrogen) atoms. The van der Waals surface area contributed by atoms with Crippen molar-refractivity contribution in [2.24, 2.45) is 5.73 Å². The highest BCUT2D eigenvalue weighted by Crippen LogP contribution is 2.19. The highest BCUT2D eigenvalue weighted by molar-refractivity contribution is 7.99. The van der Waals surface area contributed by atoms with Crippen molar-refractivity contribution in [1.29, 1.82) is 0 Å². The van der Waals surface area contributed by atoms with E-state index in [1.54, 1.807) is 11.8 Å². The maximum absolute atomic E-state index is 8.63. The zero-order valence-corrected chi connectivity index (χ0v) is 8.55. The molecule has 3 N–H and O–H groups in total. The summed E-state index contributed by atoms with van der Waals surface area (Å²) in [5, 5.41) is 8.63. The van der Waals surface area contributed by atoms with Crippen LogP contribution in [0.15, 0.2) is 29.2 Å². The van der Waals surface area contributed by atoms with Crippen molar-refractivity contribution in [1.82, 2.24) is 0 Å². The number of benzene rings is 1. The van der Waals surface area contributed by atoms with Crippen LogP contribution in [-0.4, -0.2) is 17.5 Å². The van der Waals surface area contributed by atoms with Gasteiger partial charge in [0.1, 0.15) is 0 Å². The van der Waals surface area contributed by atoms with E-state index in [1.807, 2.05) is 31.2 Å². The van der Waals surface area contributed by atoms with Crippen LogP contribution in [-0.2, 0) is 0 Å². The SMILES string of the molecule is CC(N)c1ccc(SCCO)cc1. The fourth-order valence-corrected chi connectivity index (χ4v) is 1.69. The second-order valence-electron chi connectivity index (χ2n) is 2.93. The number of thioether (sulfide) groups is 1. The number of rotatable bonds is 4. The quantitative estimate of drug-likeness (QED) is 0.723. The molecule has 1 rings (SSSR count). The lowest BCUT2D eigenvalue weighted by Crippen LogP contribution is -2.04. The number of aliphatic hydroxyl groups excluding tert-OH is 1. The van der Waals surface area contributed by atoms with Gasteiger partial charge in [-0.1, -0.05) is 12.1 Å². The molecule has 0 aliphatic heterocycles. The van der Waals surface area contributed by atoms with E-state index in [4.69, 9.17) is 10.8 Å². The Labute approximate surface area is 83.1 Å². The van der Waals surface area contributed by atoms with E-state index < -0.39 is 0 Å². The van der Waals surface area contributed by atoms with Gasteiger partial charge in [0.2, 0.25) is 0 Å². The molecular formula is C10H15NOS. The molecule has 1 aromatic carbocycles. The second kappa shape index (κ2) is 5.27. The van der Waals surface area contributed by atoms with Crippen LogP contribution in [0.4, 0.5) is 0 Å². The molecule has 1 aromatic rings. The van der Waals surface area contributed by atoms with Gasteiger partial charge < -0.3 is 10.8 Å². The predicted molar refractivity (Wildman–Crippen MR) is 56.9 cm³/mol. The third kappa shape index (κ3) is 3.38. The van der Waals surface area contributed by atoms with Crippen molar-refractivity contribution in [3.63, 3.8) is 0 Å². The van der Waals surface area contributed by atoms with Gasteiger partial charge in [-0.05, 0) is 24.6 Å². The zero-order chi connectivity index (χ0) is 9.68. The topological polar surface area (TPSA) is 46.2 Å². The summed E-state index contributed by atoms with van der Waals surface area (Å²) >= 11 is 1.65. The maximum Gasteiger partial charge on any atom is 0.0525 e. The lowest BCUT2D eigenvalue weighted by Gasteiger charge is -2.06. The molecule has 0 saturated heterocycles. The molecule has 0 aliphatic carbocycles. The van der Waals surface area contributed by atoms with E-state index in [2.05, 4.69) is 0 Å². The van der Waals surface area contributed by atoms with E-state index in [0.29, 0.717) is 0 Å². The van der Waals surface area contributed by atoms with Gasteiger partial charge in [0, 0.05) is 16.7 Å². The summed E-state index contributed by atoms with van der Waals surface area (Å²) in [6.07, 6.45) is 0. The Morgan fingerprint density at radius 2 is 2.00 bits per heavy atom. The molecule has 72 valence electrons. The molecule has 0 saturated carbocycles. The highest BCUT2D eigenvalue weighted by Gasteiger charge is 1.98. The summed E-state index contributed by atoms with van der Waals surface area (Å²) in [7, 11) is 0. The van der Waals surface area contributed by atoms with Crippen molar-refractivity contribution in [3.05, 3.63) is 29.8 Å². The Bertz CT molecular complexity index is 246. The van der Waals surface area contributed by atoms with Gasteiger partial charge in [0.05, 0.1) is 6.61 Å². The molecule has 0 aromatic heterocycles. The first-order chi connectivity index (χ1) is 6.24.